The lowest BCUT2D eigenvalue weighted by Gasteiger charge is -2.05. The number of para-hydroxylation sites is 1. The van der Waals surface area contributed by atoms with Crippen molar-refractivity contribution < 1.29 is 13.9 Å². The van der Waals surface area contributed by atoms with E-state index in [1.807, 2.05) is 24.3 Å². The fraction of sp³-hybridized carbons (Fsp3) is 0.0526. The molecule has 2 aromatic carbocycles. The topological polar surface area (TPSA) is 68.5 Å². The standard InChI is InChI=1S/C19H15NO4/c1-23-16-5-3-2-4-13(16)6-10-18(21)20-15-8-9-17-14(12-15)7-11-19(22)24-17/h2-12H,1H3,(H,20,21). The van der Waals surface area contributed by atoms with Crippen molar-refractivity contribution in [2.24, 2.45) is 0 Å². The molecular formula is C19H15NO4. The Balaban J connectivity index is 1.76. The summed E-state index contributed by atoms with van der Waals surface area (Å²) in [5.41, 5.74) is 1.51. The van der Waals surface area contributed by atoms with E-state index >= 15 is 0 Å². The summed E-state index contributed by atoms with van der Waals surface area (Å²) in [4.78, 5) is 23.2. The molecule has 1 N–H and O–H groups in total. The molecule has 0 saturated carbocycles. The highest BCUT2D eigenvalue weighted by molar-refractivity contribution is 6.03. The molecule has 0 radical (unpaired) electrons. The van der Waals surface area contributed by atoms with Crippen LogP contribution in [0.5, 0.6) is 5.75 Å². The molecule has 5 heteroatoms. The first-order valence-electron chi connectivity index (χ1n) is 7.32. The number of rotatable bonds is 4. The first-order valence-corrected chi connectivity index (χ1v) is 7.32. The molecule has 0 fully saturated rings. The molecule has 120 valence electrons. The van der Waals surface area contributed by atoms with Gasteiger partial charge >= 0.3 is 5.63 Å². The third kappa shape index (κ3) is 3.52. The first kappa shape index (κ1) is 15.6. The second kappa shape index (κ2) is 6.83. The minimum Gasteiger partial charge on any atom is -0.496 e. The van der Waals surface area contributed by atoms with Gasteiger partial charge in [-0.2, -0.15) is 0 Å². The summed E-state index contributed by atoms with van der Waals surface area (Å²) in [6, 6.07) is 15.5. The summed E-state index contributed by atoms with van der Waals surface area (Å²) in [6.07, 6.45) is 3.13. The van der Waals surface area contributed by atoms with Crippen LogP contribution < -0.4 is 15.7 Å². The number of benzene rings is 2. The molecule has 0 aliphatic heterocycles. The predicted molar refractivity (Wildman–Crippen MR) is 93.1 cm³/mol. The maximum Gasteiger partial charge on any atom is 0.336 e. The van der Waals surface area contributed by atoms with Crippen LogP contribution in [0.4, 0.5) is 5.69 Å². The number of nitrogens with one attached hydrogen (secondary N) is 1. The zero-order valence-electron chi connectivity index (χ0n) is 13.0. The predicted octanol–water partition coefficient (Wildman–Crippen LogP) is 3.45. The number of ether oxygens (including phenoxy) is 1. The van der Waals surface area contributed by atoms with Crippen molar-refractivity contribution in [3.05, 3.63) is 76.7 Å². The molecule has 5 nitrogen and oxygen atoms in total. The summed E-state index contributed by atoms with van der Waals surface area (Å²) < 4.78 is 10.3. The van der Waals surface area contributed by atoms with Gasteiger partial charge in [0.15, 0.2) is 0 Å². The van der Waals surface area contributed by atoms with Crippen molar-refractivity contribution in [2.45, 2.75) is 0 Å². The van der Waals surface area contributed by atoms with E-state index in [2.05, 4.69) is 5.32 Å². The first-order chi connectivity index (χ1) is 11.7. The number of anilines is 1. The minimum absolute atomic E-state index is 0.266. The summed E-state index contributed by atoms with van der Waals surface area (Å²) in [5.74, 6) is 0.430. The van der Waals surface area contributed by atoms with Gasteiger partial charge in [0.05, 0.1) is 7.11 Å². The molecular weight excluding hydrogens is 306 g/mol. The van der Waals surface area contributed by atoms with E-state index < -0.39 is 5.63 Å². The van der Waals surface area contributed by atoms with Gasteiger partial charge in [0.1, 0.15) is 11.3 Å². The third-order valence-electron chi connectivity index (χ3n) is 3.44. The number of amides is 1. The molecule has 0 aliphatic carbocycles. The summed E-state index contributed by atoms with van der Waals surface area (Å²) in [5, 5.41) is 3.51. The van der Waals surface area contributed by atoms with Crippen molar-refractivity contribution in [1.29, 1.82) is 0 Å². The average molecular weight is 321 g/mol. The van der Waals surface area contributed by atoms with Crippen LogP contribution in [0.25, 0.3) is 17.0 Å². The van der Waals surface area contributed by atoms with Gasteiger partial charge in [-0.05, 0) is 36.4 Å². The molecule has 0 spiro atoms. The lowest BCUT2D eigenvalue weighted by molar-refractivity contribution is -0.111. The monoisotopic (exact) mass is 321 g/mol. The van der Waals surface area contributed by atoms with E-state index in [1.54, 1.807) is 37.5 Å². The van der Waals surface area contributed by atoms with Gasteiger partial charge in [-0.15, -0.1) is 0 Å². The molecule has 0 bridgehead atoms. The maximum atomic E-state index is 12.1. The fourth-order valence-electron chi connectivity index (χ4n) is 2.30. The lowest BCUT2D eigenvalue weighted by Crippen LogP contribution is -2.07. The second-order valence-electron chi connectivity index (χ2n) is 5.07. The van der Waals surface area contributed by atoms with Crippen molar-refractivity contribution in [3.63, 3.8) is 0 Å². The van der Waals surface area contributed by atoms with Gasteiger partial charge in [0, 0.05) is 28.8 Å². The van der Waals surface area contributed by atoms with E-state index in [0.29, 0.717) is 17.0 Å². The van der Waals surface area contributed by atoms with Crippen LogP contribution in [0.2, 0.25) is 0 Å². The zero-order valence-corrected chi connectivity index (χ0v) is 13.0. The van der Waals surface area contributed by atoms with Crippen LogP contribution in [0, 0.1) is 0 Å². The molecule has 0 atom stereocenters. The van der Waals surface area contributed by atoms with Crippen molar-refractivity contribution >= 4 is 28.6 Å². The van der Waals surface area contributed by atoms with Crippen LogP contribution in [-0.4, -0.2) is 13.0 Å². The van der Waals surface area contributed by atoms with Gasteiger partial charge < -0.3 is 14.5 Å². The summed E-state index contributed by atoms with van der Waals surface area (Å²) >= 11 is 0. The lowest BCUT2D eigenvalue weighted by atomic mass is 10.2. The van der Waals surface area contributed by atoms with Crippen LogP contribution in [0.1, 0.15) is 5.56 Å². The number of carbonyl (C=O) groups excluding carboxylic acids is 1. The van der Waals surface area contributed by atoms with Crippen molar-refractivity contribution in [2.75, 3.05) is 12.4 Å². The minimum atomic E-state index is -0.404. The molecule has 1 aromatic heterocycles. The summed E-state index contributed by atoms with van der Waals surface area (Å²) in [7, 11) is 1.58. The highest BCUT2D eigenvalue weighted by Crippen LogP contribution is 2.20. The smallest absolute Gasteiger partial charge is 0.336 e. The quantitative estimate of drug-likeness (QED) is 0.590. The van der Waals surface area contributed by atoms with Crippen LogP contribution in [-0.2, 0) is 4.79 Å². The third-order valence-corrected chi connectivity index (χ3v) is 3.44. The Morgan fingerprint density at radius 2 is 1.96 bits per heavy atom. The molecule has 0 aliphatic rings. The molecule has 0 unspecified atom stereocenters. The Morgan fingerprint density at radius 1 is 1.12 bits per heavy atom. The van der Waals surface area contributed by atoms with Gasteiger partial charge in [0.25, 0.3) is 0 Å². The van der Waals surface area contributed by atoms with Gasteiger partial charge in [-0.3, -0.25) is 4.79 Å². The van der Waals surface area contributed by atoms with Gasteiger partial charge in [0.2, 0.25) is 5.91 Å². The number of carbonyl (C=O) groups is 1. The van der Waals surface area contributed by atoms with E-state index in [9.17, 15) is 9.59 Å². The van der Waals surface area contributed by atoms with E-state index in [-0.39, 0.29) is 5.91 Å². The Labute approximate surface area is 138 Å². The van der Waals surface area contributed by atoms with E-state index in [1.165, 1.54) is 12.1 Å². The van der Waals surface area contributed by atoms with Crippen LogP contribution >= 0.6 is 0 Å². The van der Waals surface area contributed by atoms with Crippen LogP contribution in [0.15, 0.2) is 69.9 Å². The Hall–Kier alpha value is -3.34. The molecule has 1 heterocycles. The number of fused-ring (bicyclic) bond motifs is 1. The Bertz CT molecular complexity index is 972. The number of methoxy groups -OCH3 is 1. The summed E-state index contributed by atoms with van der Waals surface area (Å²) in [6.45, 7) is 0. The Morgan fingerprint density at radius 3 is 2.79 bits per heavy atom. The highest BCUT2D eigenvalue weighted by atomic mass is 16.5. The molecule has 24 heavy (non-hydrogen) atoms. The molecule has 1 amide bonds. The SMILES string of the molecule is COc1ccccc1C=CC(=O)Nc1ccc2oc(=O)ccc2c1. The van der Waals surface area contributed by atoms with E-state index in [0.717, 1.165) is 10.9 Å². The second-order valence-corrected chi connectivity index (χ2v) is 5.07. The number of hydrogen-bond acceptors (Lipinski definition) is 4. The van der Waals surface area contributed by atoms with Crippen molar-refractivity contribution in [1.82, 2.24) is 0 Å². The van der Waals surface area contributed by atoms with E-state index in [4.69, 9.17) is 9.15 Å². The van der Waals surface area contributed by atoms with Crippen molar-refractivity contribution in [3.8, 4) is 5.75 Å². The molecule has 3 aromatic rings. The Kier molecular flexibility index (Phi) is 4.43. The highest BCUT2D eigenvalue weighted by Gasteiger charge is 2.03. The zero-order chi connectivity index (χ0) is 16.9. The van der Waals surface area contributed by atoms with Gasteiger partial charge in [-0.25, -0.2) is 4.79 Å². The van der Waals surface area contributed by atoms with Gasteiger partial charge in [-0.1, -0.05) is 18.2 Å². The average Bonchev–Trinajstić information content (AvgIpc) is 2.60. The normalized spacial score (nSPS) is 10.9. The largest absolute Gasteiger partial charge is 0.496 e. The molecule has 3 rings (SSSR count). The molecule has 0 saturated heterocycles. The fourth-order valence-corrected chi connectivity index (χ4v) is 2.30. The van der Waals surface area contributed by atoms with Crippen LogP contribution in [0.3, 0.4) is 0 Å². The number of hydrogen-bond donors (Lipinski definition) is 1. The maximum absolute atomic E-state index is 12.1.